The smallest absolute Gasteiger partial charge is 0.0931 e. The van der Waals surface area contributed by atoms with Crippen molar-refractivity contribution in [2.75, 3.05) is 13.6 Å². The Labute approximate surface area is 131 Å². The molecule has 4 rings (SSSR count). The Morgan fingerprint density at radius 2 is 2.14 bits per heavy atom. The molecule has 2 aliphatic rings. The van der Waals surface area contributed by atoms with Crippen LogP contribution in [0.1, 0.15) is 31.2 Å². The molecular formula is C17H25N5. The Kier molecular flexibility index (Phi) is 3.86. The number of rotatable bonds is 4. The number of fused-ring (bicyclic) bond motifs is 2. The molecule has 2 fully saturated rings. The van der Waals surface area contributed by atoms with E-state index in [2.05, 4.69) is 51.0 Å². The van der Waals surface area contributed by atoms with Gasteiger partial charge in [0.1, 0.15) is 0 Å². The van der Waals surface area contributed by atoms with E-state index in [1.165, 1.54) is 31.2 Å². The lowest BCUT2D eigenvalue weighted by atomic mass is 9.81. The fourth-order valence-electron chi connectivity index (χ4n) is 4.12. The van der Waals surface area contributed by atoms with E-state index in [1.807, 2.05) is 0 Å². The number of aromatic amines is 1. The molecular weight excluding hydrogens is 274 g/mol. The third-order valence-corrected chi connectivity index (χ3v) is 5.24. The number of nitrogens with one attached hydrogen (secondary N) is 3. The molecule has 1 aromatic heterocycles. The van der Waals surface area contributed by atoms with E-state index >= 15 is 0 Å². The van der Waals surface area contributed by atoms with Crippen molar-refractivity contribution in [3.05, 3.63) is 30.1 Å². The number of hydrogen-bond acceptors (Lipinski definition) is 4. The molecule has 2 heterocycles. The van der Waals surface area contributed by atoms with Gasteiger partial charge in [-0.2, -0.15) is 0 Å². The lowest BCUT2D eigenvalue weighted by Crippen LogP contribution is -2.41. The molecule has 5 nitrogen and oxygen atoms in total. The van der Waals surface area contributed by atoms with E-state index in [9.17, 15) is 0 Å². The second kappa shape index (κ2) is 5.99. The van der Waals surface area contributed by atoms with Crippen molar-refractivity contribution in [2.45, 2.75) is 44.3 Å². The Morgan fingerprint density at radius 1 is 1.23 bits per heavy atom. The topological polar surface area (TPSA) is 56.0 Å². The maximum absolute atomic E-state index is 4.28. The molecule has 3 N–H and O–H groups in total. The monoisotopic (exact) mass is 299 g/mol. The van der Waals surface area contributed by atoms with E-state index in [0.29, 0.717) is 12.1 Å². The third kappa shape index (κ3) is 2.76. The molecule has 1 aliphatic heterocycles. The number of imidazole rings is 1. The van der Waals surface area contributed by atoms with E-state index in [-0.39, 0.29) is 0 Å². The van der Waals surface area contributed by atoms with E-state index < -0.39 is 0 Å². The number of benzene rings is 1. The van der Waals surface area contributed by atoms with Crippen molar-refractivity contribution in [3.8, 4) is 0 Å². The number of H-pyrrole nitrogens is 1. The molecule has 1 saturated carbocycles. The number of likely N-dealkylation sites (N-methyl/N-ethyl adjacent to an activating group) is 1. The van der Waals surface area contributed by atoms with Gasteiger partial charge in [0.05, 0.1) is 17.4 Å². The predicted octanol–water partition coefficient (Wildman–Crippen LogP) is 2.03. The summed E-state index contributed by atoms with van der Waals surface area (Å²) in [6.45, 7) is 2.07. The van der Waals surface area contributed by atoms with Crippen LogP contribution in [0.2, 0.25) is 0 Å². The lowest BCUT2D eigenvalue weighted by Gasteiger charge is -2.29. The minimum absolute atomic E-state index is 0.575. The minimum atomic E-state index is 0.575. The zero-order chi connectivity index (χ0) is 14.9. The van der Waals surface area contributed by atoms with Gasteiger partial charge in [-0.15, -0.1) is 0 Å². The van der Waals surface area contributed by atoms with Crippen molar-refractivity contribution in [1.82, 2.24) is 25.7 Å². The first-order valence-electron chi connectivity index (χ1n) is 8.41. The Balaban J connectivity index is 1.38. The number of aromatic nitrogens is 2. The summed E-state index contributed by atoms with van der Waals surface area (Å²) < 4.78 is 0. The van der Waals surface area contributed by atoms with Gasteiger partial charge in [0.25, 0.3) is 0 Å². The summed E-state index contributed by atoms with van der Waals surface area (Å²) in [5, 5.41) is 0. The van der Waals surface area contributed by atoms with E-state index in [4.69, 9.17) is 0 Å². The van der Waals surface area contributed by atoms with Crippen LogP contribution in [0, 0.1) is 5.92 Å². The molecule has 1 aliphatic carbocycles. The van der Waals surface area contributed by atoms with Gasteiger partial charge in [0.2, 0.25) is 0 Å². The Morgan fingerprint density at radius 3 is 3.09 bits per heavy atom. The van der Waals surface area contributed by atoms with Gasteiger partial charge in [-0.25, -0.2) is 4.98 Å². The summed E-state index contributed by atoms with van der Waals surface area (Å²) in [6, 6.07) is 7.76. The molecule has 118 valence electrons. The fourth-order valence-corrected chi connectivity index (χ4v) is 4.12. The maximum atomic E-state index is 4.28. The SMILES string of the molecule is CN(Cc1ccc2nc[nH]c2c1)CC1NNC2CCCCC21. The summed E-state index contributed by atoms with van der Waals surface area (Å²) in [6.07, 6.45) is 7.22. The summed E-state index contributed by atoms with van der Waals surface area (Å²) >= 11 is 0. The van der Waals surface area contributed by atoms with Crippen molar-refractivity contribution in [2.24, 2.45) is 5.92 Å². The Hall–Kier alpha value is -1.43. The third-order valence-electron chi connectivity index (χ3n) is 5.24. The van der Waals surface area contributed by atoms with E-state index in [1.54, 1.807) is 6.33 Å². The fraction of sp³-hybridized carbons (Fsp3) is 0.588. The average molecular weight is 299 g/mol. The first-order chi connectivity index (χ1) is 10.8. The molecule has 0 radical (unpaired) electrons. The number of hydrogen-bond donors (Lipinski definition) is 3. The highest BCUT2D eigenvalue weighted by molar-refractivity contribution is 5.74. The number of hydrazine groups is 1. The molecule has 22 heavy (non-hydrogen) atoms. The summed E-state index contributed by atoms with van der Waals surface area (Å²) in [4.78, 5) is 9.90. The molecule has 2 aromatic rings. The van der Waals surface area contributed by atoms with Crippen molar-refractivity contribution in [3.63, 3.8) is 0 Å². The first-order valence-corrected chi connectivity index (χ1v) is 8.41. The normalized spacial score (nSPS) is 28.4. The zero-order valence-corrected chi connectivity index (χ0v) is 13.2. The van der Waals surface area contributed by atoms with Gasteiger partial charge in [-0.3, -0.25) is 10.9 Å². The van der Waals surface area contributed by atoms with Gasteiger partial charge >= 0.3 is 0 Å². The quantitative estimate of drug-likeness (QED) is 0.808. The molecule has 3 atom stereocenters. The van der Waals surface area contributed by atoms with Crippen LogP contribution >= 0.6 is 0 Å². The van der Waals surface area contributed by atoms with Gasteiger partial charge < -0.3 is 9.88 Å². The Bertz CT molecular complexity index is 637. The maximum Gasteiger partial charge on any atom is 0.0931 e. The largest absolute Gasteiger partial charge is 0.345 e. The standard InChI is InChI=1S/C17H25N5/c1-22(9-12-6-7-15-16(8-12)19-11-18-15)10-17-13-4-2-3-5-14(13)20-21-17/h6-8,11,13-14,17,20-21H,2-5,9-10H2,1H3,(H,18,19). The highest BCUT2D eigenvalue weighted by Crippen LogP contribution is 2.30. The van der Waals surface area contributed by atoms with Crippen LogP contribution in [0.15, 0.2) is 24.5 Å². The predicted molar refractivity (Wildman–Crippen MR) is 88.2 cm³/mol. The van der Waals surface area contributed by atoms with Crippen molar-refractivity contribution < 1.29 is 0 Å². The summed E-state index contributed by atoms with van der Waals surface area (Å²) in [7, 11) is 2.22. The van der Waals surface area contributed by atoms with Crippen LogP contribution < -0.4 is 10.9 Å². The highest BCUT2D eigenvalue weighted by Gasteiger charge is 2.37. The first kappa shape index (κ1) is 14.2. The highest BCUT2D eigenvalue weighted by atomic mass is 15.4. The molecule has 1 aromatic carbocycles. The second-order valence-electron chi connectivity index (χ2n) is 6.90. The molecule has 5 heteroatoms. The summed E-state index contributed by atoms with van der Waals surface area (Å²) in [5.41, 5.74) is 10.5. The van der Waals surface area contributed by atoms with Gasteiger partial charge in [0.15, 0.2) is 0 Å². The van der Waals surface area contributed by atoms with Gasteiger partial charge in [-0.05, 0) is 43.5 Å². The van der Waals surface area contributed by atoms with Crippen molar-refractivity contribution in [1.29, 1.82) is 0 Å². The molecule has 1 saturated heterocycles. The second-order valence-corrected chi connectivity index (χ2v) is 6.90. The van der Waals surface area contributed by atoms with Gasteiger partial charge in [-0.1, -0.05) is 18.9 Å². The molecule has 0 spiro atoms. The molecule has 3 unspecified atom stereocenters. The molecule has 0 bridgehead atoms. The lowest BCUT2D eigenvalue weighted by molar-refractivity contribution is 0.237. The number of nitrogens with zero attached hydrogens (tertiary/aromatic N) is 2. The average Bonchev–Trinajstić information content (AvgIpc) is 3.14. The van der Waals surface area contributed by atoms with Crippen LogP contribution in [0.4, 0.5) is 0 Å². The van der Waals surface area contributed by atoms with Crippen LogP contribution in [-0.4, -0.2) is 40.5 Å². The van der Waals surface area contributed by atoms with Crippen molar-refractivity contribution >= 4 is 11.0 Å². The van der Waals surface area contributed by atoms with Crippen LogP contribution in [-0.2, 0) is 6.54 Å². The summed E-state index contributed by atoms with van der Waals surface area (Å²) in [5.74, 6) is 0.797. The van der Waals surface area contributed by atoms with Gasteiger partial charge in [0, 0.05) is 25.2 Å². The minimum Gasteiger partial charge on any atom is -0.345 e. The molecule has 0 amide bonds. The van der Waals surface area contributed by atoms with Crippen LogP contribution in [0.5, 0.6) is 0 Å². The van der Waals surface area contributed by atoms with E-state index in [0.717, 1.165) is 30.0 Å². The van der Waals surface area contributed by atoms with Crippen LogP contribution in [0.25, 0.3) is 11.0 Å². The van der Waals surface area contributed by atoms with Crippen LogP contribution in [0.3, 0.4) is 0 Å². The zero-order valence-electron chi connectivity index (χ0n) is 13.2.